The van der Waals surface area contributed by atoms with Gasteiger partial charge in [0.05, 0.1) is 0 Å². The van der Waals surface area contributed by atoms with Gasteiger partial charge in [-0.25, -0.2) is 0 Å². The fourth-order valence-corrected chi connectivity index (χ4v) is 0. The largest absolute Gasteiger partial charge is 2.00 e. The molecule has 0 aliphatic carbocycles. The van der Waals surface area contributed by atoms with Crippen molar-refractivity contribution in [3.63, 3.8) is 0 Å². The number of rotatable bonds is 0. The van der Waals surface area contributed by atoms with Gasteiger partial charge in [0.2, 0.25) is 12.3 Å². The number of carbonyl (C=O) groups excluding carboxylic acids is 2. The Labute approximate surface area is 76.0 Å². The minimum atomic E-state index is -2.05. The Balaban J connectivity index is -0.000000107. The summed E-state index contributed by atoms with van der Waals surface area (Å²) in [5, 5.41) is 34.4. The number of carbonyl (C=O) groups is 2. The van der Waals surface area contributed by atoms with E-state index in [-0.39, 0.29) is 23.1 Å². The van der Waals surface area contributed by atoms with Crippen LogP contribution in [0.25, 0.3) is 0 Å². The van der Waals surface area contributed by atoms with E-state index in [9.17, 15) is 0 Å². The van der Waals surface area contributed by atoms with Gasteiger partial charge in [0.15, 0.2) is 0 Å². The van der Waals surface area contributed by atoms with Crippen molar-refractivity contribution in [2.24, 2.45) is 0 Å². The van der Waals surface area contributed by atoms with Crippen LogP contribution in [0.5, 0.6) is 0 Å². The summed E-state index contributed by atoms with van der Waals surface area (Å²) in [5.41, 5.74) is 0. The summed E-state index contributed by atoms with van der Waals surface area (Å²) in [7, 11) is 0. The van der Waals surface area contributed by atoms with E-state index in [0.29, 0.717) is 0 Å². The van der Waals surface area contributed by atoms with Gasteiger partial charge in [0.25, 0.3) is 0 Å². The van der Waals surface area contributed by atoms with Gasteiger partial charge in [-0.1, -0.05) is 0 Å². The minimum absolute atomic E-state index is 0. The molecule has 0 fully saturated rings. The van der Waals surface area contributed by atoms with E-state index in [4.69, 9.17) is 30.3 Å². The molecule has 60 valence electrons. The van der Waals surface area contributed by atoms with E-state index < -0.39 is 12.3 Å². The fraction of sp³-hybridized carbons (Fsp3) is 0. The van der Waals surface area contributed by atoms with Gasteiger partial charge in [-0.3, -0.25) is 0 Å². The molecule has 0 saturated carbocycles. The third-order valence-corrected chi connectivity index (χ3v) is 0.136. The predicted molar refractivity (Wildman–Crippen MR) is 18.7 cm³/mol. The van der Waals surface area contributed by atoms with Gasteiger partial charge in [-0.15, -0.1) is 0 Å². The van der Waals surface area contributed by atoms with Gasteiger partial charge < -0.3 is 40.1 Å². The Morgan fingerprint density at radius 3 is 1.00 bits per heavy atom. The third kappa shape index (κ3) is 46.3. The zero-order chi connectivity index (χ0) is 8.57. The van der Waals surface area contributed by atoms with E-state index in [1.165, 1.54) is 0 Å². The molecule has 0 aromatic rings. The van der Waals surface area contributed by atoms with E-state index in [1.54, 1.807) is 0 Å². The Bertz CT molecular complexity index is 96.7. The summed E-state index contributed by atoms with van der Waals surface area (Å²) < 4.78 is 0. The molecule has 9 heteroatoms. The van der Waals surface area contributed by atoms with E-state index in [1.807, 2.05) is 0 Å². The van der Waals surface area contributed by atoms with Crippen LogP contribution in [-0.2, 0) is 9.78 Å². The number of carboxylic acid groups (broad SMARTS) is 2. The topological polar surface area (TPSA) is 145 Å². The van der Waals surface area contributed by atoms with Crippen molar-refractivity contribution >= 4 is 35.4 Å². The summed E-state index contributed by atoms with van der Waals surface area (Å²) in [6.07, 6.45) is -4.10. The standard InChI is InChI=1S/2CH2O4.Mg/c2*2-1(3)5-4;/h2*4H,(H,2,3);/q;;+2/p-4. The van der Waals surface area contributed by atoms with Crippen molar-refractivity contribution in [1.82, 2.24) is 0 Å². The Morgan fingerprint density at radius 2 is 1.00 bits per heavy atom. The first-order valence-electron chi connectivity index (χ1n) is 1.56. The molecule has 8 nitrogen and oxygen atoms in total. The van der Waals surface area contributed by atoms with Crippen LogP contribution in [0, 0.1) is 0 Å². The molecule has 0 aromatic heterocycles. The van der Waals surface area contributed by atoms with Crippen LogP contribution < -0.4 is 20.7 Å². The molecule has 0 aliphatic rings. The van der Waals surface area contributed by atoms with Crippen molar-refractivity contribution < 1.29 is 40.1 Å². The van der Waals surface area contributed by atoms with Gasteiger partial charge in [-0.05, 0) is 0 Å². The van der Waals surface area contributed by atoms with E-state index in [2.05, 4.69) is 9.78 Å². The molecule has 0 bridgehead atoms. The Morgan fingerprint density at radius 1 is 0.909 bits per heavy atom. The number of hydrogen-bond donors (Lipinski definition) is 0. The van der Waals surface area contributed by atoms with Crippen LogP contribution in [0.4, 0.5) is 9.59 Å². The maximum absolute atomic E-state index is 8.72. The van der Waals surface area contributed by atoms with Crippen molar-refractivity contribution in [1.29, 1.82) is 0 Å². The van der Waals surface area contributed by atoms with Crippen molar-refractivity contribution in [3.8, 4) is 0 Å². The van der Waals surface area contributed by atoms with Crippen LogP contribution in [0.3, 0.4) is 0 Å². The molecule has 0 saturated heterocycles. The second-order valence-corrected chi connectivity index (χ2v) is 0.667. The van der Waals surface area contributed by atoms with E-state index >= 15 is 0 Å². The molecule has 0 N–H and O–H groups in total. The van der Waals surface area contributed by atoms with Gasteiger partial charge in [-0.2, -0.15) is 0 Å². The predicted octanol–water partition coefficient (Wildman–Crippen LogP) is -5.14. The zero-order valence-corrected chi connectivity index (χ0v) is 6.39. The first kappa shape index (κ1) is 16.7. The Kier molecular flexibility index (Phi) is 18.1. The Hall–Kier alpha value is -0.774. The molecular formula is C2MgO8-2. The minimum Gasteiger partial charge on any atom is -0.755 e. The molecule has 0 unspecified atom stereocenters. The summed E-state index contributed by atoms with van der Waals surface area (Å²) in [4.78, 5) is 22.1. The average Bonchev–Trinajstić information content (AvgIpc) is 1.89. The summed E-state index contributed by atoms with van der Waals surface area (Å²) in [5.74, 6) is 0. The van der Waals surface area contributed by atoms with Crippen LogP contribution in [0.1, 0.15) is 0 Å². The molecule has 0 rings (SSSR count). The van der Waals surface area contributed by atoms with Crippen LogP contribution in [0.2, 0.25) is 0 Å². The van der Waals surface area contributed by atoms with Crippen molar-refractivity contribution in [2.75, 3.05) is 0 Å². The second kappa shape index (κ2) is 12.0. The van der Waals surface area contributed by atoms with Gasteiger partial charge in [0, 0.05) is 0 Å². The molecule has 0 atom stereocenters. The first-order valence-corrected chi connectivity index (χ1v) is 1.56. The molecule has 11 heavy (non-hydrogen) atoms. The van der Waals surface area contributed by atoms with Gasteiger partial charge >= 0.3 is 23.1 Å². The second-order valence-electron chi connectivity index (χ2n) is 0.667. The third-order valence-electron chi connectivity index (χ3n) is 0.136. The number of hydrogen-bond acceptors (Lipinski definition) is 8. The molecule has 0 amide bonds. The molecule has 0 aromatic carbocycles. The molecule has 0 aliphatic heterocycles. The normalized spacial score (nSPS) is 6.00. The van der Waals surface area contributed by atoms with Gasteiger partial charge in [0.1, 0.15) is 0 Å². The summed E-state index contributed by atoms with van der Waals surface area (Å²) in [6.45, 7) is 0. The van der Waals surface area contributed by atoms with Crippen LogP contribution >= 0.6 is 0 Å². The quantitative estimate of drug-likeness (QED) is 0.202. The SMILES string of the molecule is O=C([O-])O[O-].O=C([O-])O[O-].[Mg+2]. The average molecular weight is 176 g/mol. The molecule has 0 radical (unpaired) electrons. The van der Waals surface area contributed by atoms with Crippen molar-refractivity contribution in [3.05, 3.63) is 0 Å². The fourth-order valence-electron chi connectivity index (χ4n) is 0. The van der Waals surface area contributed by atoms with Crippen LogP contribution in [-0.4, -0.2) is 35.4 Å². The van der Waals surface area contributed by atoms with Crippen LogP contribution in [0.15, 0.2) is 0 Å². The molecular weight excluding hydrogens is 176 g/mol. The summed E-state index contributed by atoms with van der Waals surface area (Å²) >= 11 is 0. The van der Waals surface area contributed by atoms with E-state index in [0.717, 1.165) is 0 Å². The molecule has 0 heterocycles. The van der Waals surface area contributed by atoms with Crippen molar-refractivity contribution in [2.45, 2.75) is 0 Å². The summed E-state index contributed by atoms with van der Waals surface area (Å²) in [6, 6.07) is 0. The first-order chi connectivity index (χ1) is 4.54. The smallest absolute Gasteiger partial charge is 0.755 e. The maximum Gasteiger partial charge on any atom is 2.00 e. The zero-order valence-electron chi connectivity index (χ0n) is 4.97. The maximum atomic E-state index is 8.72. The molecule has 0 spiro atoms. The monoisotopic (exact) mass is 176 g/mol.